The molecule has 0 amide bonds. The summed E-state index contributed by atoms with van der Waals surface area (Å²) < 4.78 is 22.2. The van der Waals surface area contributed by atoms with Gasteiger partial charge in [0.2, 0.25) is 0 Å². The van der Waals surface area contributed by atoms with E-state index in [9.17, 15) is 9.13 Å². The van der Waals surface area contributed by atoms with Crippen LogP contribution >= 0.6 is 15.6 Å². The molecule has 64 valence electrons. The Bertz CT molecular complexity index is 157. The first-order valence-corrected chi connectivity index (χ1v) is 4.59. The van der Waals surface area contributed by atoms with Crippen LogP contribution in [0.15, 0.2) is 0 Å². The van der Waals surface area contributed by atoms with Gasteiger partial charge in [0.05, 0.1) is 0 Å². The summed E-state index contributed by atoms with van der Waals surface area (Å²) in [6.07, 6.45) is 0. The summed E-state index contributed by atoms with van der Waals surface area (Å²) in [5, 5.41) is 0. The second-order valence-electron chi connectivity index (χ2n) is 1.06. The molecule has 7 nitrogen and oxygen atoms in total. The largest absolute Gasteiger partial charge is 0.316 e. The first-order chi connectivity index (χ1) is 3.71. The van der Waals surface area contributed by atoms with Crippen molar-refractivity contribution in [3.63, 3.8) is 0 Å². The fourth-order valence-corrected chi connectivity index (χ4v) is 1.25. The molecule has 0 aliphatic rings. The van der Waals surface area contributed by atoms with Gasteiger partial charge in [-0.3, -0.25) is 0 Å². The molecule has 11 heavy (non-hydrogen) atoms. The van der Waals surface area contributed by atoms with Crippen LogP contribution in [0.2, 0.25) is 0 Å². The van der Waals surface area contributed by atoms with Crippen LogP contribution in [0.25, 0.3) is 0 Å². The Balaban J connectivity index is -0.000000320. The molecule has 0 spiro atoms. The van der Waals surface area contributed by atoms with Crippen molar-refractivity contribution in [1.29, 1.82) is 0 Å². The third kappa shape index (κ3) is 18.9. The molecule has 0 aromatic rings. The van der Waals surface area contributed by atoms with E-state index < -0.39 is 15.6 Å². The van der Waals surface area contributed by atoms with E-state index >= 15 is 0 Å². The Labute approximate surface area is 108 Å². The van der Waals surface area contributed by atoms with E-state index in [2.05, 4.69) is 4.31 Å². The van der Waals surface area contributed by atoms with Crippen molar-refractivity contribution in [3.8, 4) is 0 Å². The van der Waals surface area contributed by atoms with E-state index in [-0.39, 0.29) is 60.8 Å². The van der Waals surface area contributed by atoms with Crippen LogP contribution in [-0.2, 0) is 13.4 Å². The van der Waals surface area contributed by atoms with Crippen LogP contribution in [0.4, 0.5) is 0 Å². The van der Waals surface area contributed by atoms with E-state index in [1.807, 2.05) is 0 Å². The molecule has 0 radical (unpaired) electrons. The van der Waals surface area contributed by atoms with Crippen molar-refractivity contribution in [2.24, 2.45) is 0 Å². The molecule has 0 saturated heterocycles. The van der Waals surface area contributed by atoms with Gasteiger partial charge in [-0.15, -0.1) is 0 Å². The van der Waals surface area contributed by atoms with E-state index in [0.717, 1.165) is 0 Å². The fraction of sp³-hybridized carbons (Fsp3) is 0. The second-order valence-corrected chi connectivity index (χ2v) is 3.68. The first-order valence-electron chi connectivity index (χ1n) is 1.53. The van der Waals surface area contributed by atoms with Crippen LogP contribution in [0, 0.1) is 0 Å². The molecule has 11 heteroatoms. The summed E-state index contributed by atoms with van der Waals surface area (Å²) in [4.78, 5) is 31.0. The van der Waals surface area contributed by atoms with Gasteiger partial charge in [0.25, 0.3) is 0 Å². The van der Waals surface area contributed by atoms with Crippen molar-refractivity contribution < 1.29 is 33.0 Å². The molecule has 0 aliphatic heterocycles. The standard InChI is InChI=1S/Ca.Mg.H4O7P2.4H/c;;1-8(2,3)7-9(4,5)6;;;;/h;;(H2,1,2,3)(H2,4,5,6);;;;. The van der Waals surface area contributed by atoms with Gasteiger partial charge in [0.1, 0.15) is 0 Å². The quantitative estimate of drug-likeness (QED) is 0.310. The Morgan fingerprint density at radius 2 is 1.09 bits per heavy atom. The number of hydrogen-bond acceptors (Lipinski definition) is 3. The van der Waals surface area contributed by atoms with Gasteiger partial charge in [-0.2, -0.15) is 4.31 Å². The minimum Gasteiger partial charge on any atom is 0.316 e. The molecule has 0 atom stereocenters. The van der Waals surface area contributed by atoms with Crippen molar-refractivity contribution in [2.45, 2.75) is 0 Å². The van der Waals surface area contributed by atoms with Crippen molar-refractivity contribution >= 4 is 76.4 Å². The van der Waals surface area contributed by atoms with E-state index in [4.69, 9.17) is 19.6 Å². The average Bonchev–Trinajstić information content (AvgIpc) is 1.14. The summed E-state index contributed by atoms with van der Waals surface area (Å²) >= 11 is 0. The smallest absolute Gasteiger partial charge is 0.316 e. The molecular formula is H8CaMgO7P2. The Morgan fingerprint density at radius 1 is 0.909 bits per heavy atom. The van der Waals surface area contributed by atoms with Crippen LogP contribution in [-0.4, -0.2) is 80.4 Å². The molecular weight excluding hydrogens is 238 g/mol. The maximum Gasteiger partial charge on any atom is 0.316 e. The molecule has 0 fully saturated rings. The van der Waals surface area contributed by atoms with Crippen LogP contribution in [0.5, 0.6) is 0 Å². The zero-order chi connectivity index (χ0) is 7.71. The predicted molar refractivity (Wildman–Crippen MR) is 42.3 cm³/mol. The van der Waals surface area contributed by atoms with Gasteiger partial charge in [-0.1, -0.05) is 0 Å². The first kappa shape index (κ1) is 19.0. The number of rotatable bonds is 2. The van der Waals surface area contributed by atoms with Crippen molar-refractivity contribution in [2.75, 3.05) is 0 Å². The van der Waals surface area contributed by atoms with E-state index in [0.29, 0.717) is 0 Å². The number of phosphoric acid groups is 2. The van der Waals surface area contributed by atoms with Gasteiger partial charge in [-0.05, 0) is 0 Å². The van der Waals surface area contributed by atoms with Crippen LogP contribution < -0.4 is 0 Å². The average molecular weight is 246 g/mol. The maximum atomic E-state index is 9.63. The Morgan fingerprint density at radius 3 is 1.09 bits per heavy atom. The second kappa shape index (κ2) is 6.70. The summed E-state index contributed by atoms with van der Waals surface area (Å²) in [5.41, 5.74) is 0. The van der Waals surface area contributed by atoms with Crippen LogP contribution in [0.3, 0.4) is 0 Å². The summed E-state index contributed by atoms with van der Waals surface area (Å²) in [5.74, 6) is 0. The van der Waals surface area contributed by atoms with Crippen molar-refractivity contribution in [3.05, 3.63) is 0 Å². The molecule has 0 rings (SSSR count). The molecule has 0 saturated carbocycles. The van der Waals surface area contributed by atoms with E-state index in [1.165, 1.54) is 0 Å². The zero-order valence-corrected chi connectivity index (χ0v) is 5.70. The molecule has 0 unspecified atom stereocenters. The zero-order valence-electron chi connectivity index (χ0n) is 3.91. The van der Waals surface area contributed by atoms with Gasteiger partial charge >= 0.3 is 76.4 Å². The van der Waals surface area contributed by atoms with Crippen molar-refractivity contribution in [1.82, 2.24) is 0 Å². The minimum absolute atomic E-state index is 0. The monoisotopic (exact) mass is 246 g/mol. The van der Waals surface area contributed by atoms with Gasteiger partial charge in [0.15, 0.2) is 0 Å². The molecule has 4 N–H and O–H groups in total. The maximum absolute atomic E-state index is 9.63. The SMILES string of the molecule is O=P(O)(O)OP(=O)(O)O.[CaH2].[MgH2]. The molecule has 0 heterocycles. The minimum atomic E-state index is -5.05. The Kier molecular flexibility index (Phi) is 11.5. The molecule has 0 bridgehead atoms. The van der Waals surface area contributed by atoms with E-state index in [1.54, 1.807) is 0 Å². The summed E-state index contributed by atoms with van der Waals surface area (Å²) in [7, 11) is -10.1. The van der Waals surface area contributed by atoms with Crippen LogP contribution in [0.1, 0.15) is 0 Å². The third-order valence-corrected chi connectivity index (χ3v) is 1.91. The predicted octanol–water partition coefficient (Wildman–Crippen LogP) is -2.64. The number of hydrogen-bond donors (Lipinski definition) is 4. The summed E-state index contributed by atoms with van der Waals surface area (Å²) in [6, 6.07) is 0. The molecule has 0 aromatic carbocycles. The molecule has 0 aromatic heterocycles. The third-order valence-electron chi connectivity index (χ3n) is 0.213. The molecule has 0 aliphatic carbocycles. The topological polar surface area (TPSA) is 124 Å². The van der Waals surface area contributed by atoms with Gasteiger partial charge in [0, 0.05) is 0 Å². The fourth-order valence-electron chi connectivity index (χ4n) is 0.139. The Hall–Kier alpha value is 2.29. The van der Waals surface area contributed by atoms with Gasteiger partial charge in [-0.25, -0.2) is 9.13 Å². The normalized spacial score (nSPS) is 11.3. The van der Waals surface area contributed by atoms with Gasteiger partial charge < -0.3 is 19.6 Å². The summed E-state index contributed by atoms with van der Waals surface area (Å²) in [6.45, 7) is 0.